The molecule has 0 fully saturated rings. The Bertz CT molecular complexity index is 867. The Labute approximate surface area is 167 Å². The van der Waals surface area contributed by atoms with E-state index in [1.54, 1.807) is 25.1 Å². The third-order valence-corrected chi connectivity index (χ3v) is 5.57. The lowest BCUT2D eigenvalue weighted by Crippen LogP contribution is -2.15. The van der Waals surface area contributed by atoms with Crippen LogP contribution in [0.3, 0.4) is 0 Å². The van der Waals surface area contributed by atoms with Crippen LogP contribution in [-0.4, -0.2) is 24.3 Å². The summed E-state index contributed by atoms with van der Waals surface area (Å²) in [6.07, 6.45) is 8.70. The summed E-state index contributed by atoms with van der Waals surface area (Å²) in [5, 5.41) is 2.80. The molecule has 0 unspecified atom stereocenters. The van der Waals surface area contributed by atoms with Crippen LogP contribution in [0.4, 0.5) is 11.6 Å². The molecule has 2 aromatic rings. The molecular formula is C20H28N4O3S. The quantitative estimate of drug-likeness (QED) is 0.545. The molecule has 0 spiro atoms. The summed E-state index contributed by atoms with van der Waals surface area (Å²) in [6, 6.07) is 7.72. The molecule has 8 heteroatoms. The van der Waals surface area contributed by atoms with Crippen LogP contribution in [0.5, 0.6) is 0 Å². The maximum Gasteiger partial charge on any atom is 0.264 e. The molecule has 1 aromatic carbocycles. The highest BCUT2D eigenvalue weighted by Gasteiger charge is 2.15. The molecule has 28 heavy (non-hydrogen) atoms. The van der Waals surface area contributed by atoms with Crippen LogP contribution in [0, 0.1) is 6.92 Å². The van der Waals surface area contributed by atoms with Crippen molar-refractivity contribution in [3.05, 3.63) is 42.2 Å². The monoisotopic (exact) mass is 404 g/mol. The predicted octanol–water partition coefficient (Wildman–Crippen LogP) is 4.27. The van der Waals surface area contributed by atoms with Gasteiger partial charge in [-0.2, -0.15) is 0 Å². The van der Waals surface area contributed by atoms with Crippen molar-refractivity contribution in [1.29, 1.82) is 0 Å². The zero-order valence-corrected chi connectivity index (χ0v) is 17.3. The van der Waals surface area contributed by atoms with Crippen molar-refractivity contribution >= 4 is 27.6 Å². The van der Waals surface area contributed by atoms with Gasteiger partial charge in [0, 0.05) is 24.0 Å². The summed E-state index contributed by atoms with van der Waals surface area (Å²) in [4.78, 5) is 20.0. The Hall–Kier alpha value is -2.48. The molecule has 1 amide bonds. The molecule has 2 rings (SSSR count). The number of aromatic nitrogens is 2. The number of carbonyl (C=O) groups is 1. The van der Waals surface area contributed by atoms with Crippen molar-refractivity contribution in [2.75, 3.05) is 10.0 Å². The lowest BCUT2D eigenvalue weighted by molar-refractivity contribution is -0.116. The second-order valence-electron chi connectivity index (χ2n) is 6.72. The fraction of sp³-hybridized carbons (Fsp3) is 0.450. The van der Waals surface area contributed by atoms with E-state index in [1.165, 1.54) is 37.6 Å². The first kappa shape index (κ1) is 21.8. The van der Waals surface area contributed by atoms with Crippen molar-refractivity contribution in [1.82, 2.24) is 9.97 Å². The van der Waals surface area contributed by atoms with E-state index < -0.39 is 10.0 Å². The first-order chi connectivity index (χ1) is 13.4. The van der Waals surface area contributed by atoms with Crippen molar-refractivity contribution < 1.29 is 13.2 Å². The number of rotatable bonds is 11. The van der Waals surface area contributed by atoms with E-state index in [1.807, 2.05) is 0 Å². The number of unbranched alkanes of at least 4 members (excludes halogenated alkanes) is 5. The van der Waals surface area contributed by atoms with Crippen molar-refractivity contribution in [2.45, 2.75) is 63.7 Å². The van der Waals surface area contributed by atoms with E-state index in [9.17, 15) is 13.2 Å². The molecule has 1 aromatic heterocycles. The first-order valence-corrected chi connectivity index (χ1v) is 11.1. The molecular weight excluding hydrogens is 376 g/mol. The van der Waals surface area contributed by atoms with Crippen LogP contribution in [0.25, 0.3) is 0 Å². The molecule has 0 aliphatic heterocycles. The fourth-order valence-corrected chi connectivity index (χ4v) is 3.63. The average molecular weight is 405 g/mol. The fourth-order valence-electron chi connectivity index (χ4n) is 2.68. The number of aryl methyl sites for hydroxylation is 1. The van der Waals surface area contributed by atoms with Gasteiger partial charge in [0.15, 0.2) is 0 Å². The van der Waals surface area contributed by atoms with E-state index in [-0.39, 0.29) is 16.8 Å². The van der Waals surface area contributed by atoms with Gasteiger partial charge in [-0.25, -0.2) is 23.1 Å². The van der Waals surface area contributed by atoms with Crippen LogP contribution < -0.4 is 10.0 Å². The molecule has 0 saturated carbocycles. The van der Waals surface area contributed by atoms with E-state index >= 15 is 0 Å². The molecule has 0 atom stereocenters. The first-order valence-electron chi connectivity index (χ1n) is 9.63. The SMILES string of the molecule is CCCCCCCCC(=O)Nc1ccc(S(=O)(=O)Nc2nccc(C)n2)cc1. The van der Waals surface area contributed by atoms with E-state index in [0.29, 0.717) is 17.8 Å². The minimum atomic E-state index is -3.79. The Balaban J connectivity index is 1.85. The van der Waals surface area contributed by atoms with Gasteiger partial charge >= 0.3 is 0 Å². The Morgan fingerprint density at radius 2 is 1.68 bits per heavy atom. The molecule has 7 nitrogen and oxygen atoms in total. The van der Waals surface area contributed by atoms with Crippen LogP contribution in [0.15, 0.2) is 41.4 Å². The van der Waals surface area contributed by atoms with Crippen LogP contribution in [0.2, 0.25) is 0 Å². The Morgan fingerprint density at radius 1 is 1.00 bits per heavy atom. The molecule has 0 radical (unpaired) electrons. The number of anilines is 2. The highest BCUT2D eigenvalue weighted by atomic mass is 32.2. The van der Waals surface area contributed by atoms with Crippen LogP contribution in [-0.2, 0) is 14.8 Å². The van der Waals surface area contributed by atoms with Gasteiger partial charge in [0.05, 0.1) is 4.90 Å². The highest BCUT2D eigenvalue weighted by molar-refractivity contribution is 7.92. The summed E-state index contributed by atoms with van der Waals surface area (Å²) in [7, 11) is -3.79. The zero-order valence-electron chi connectivity index (χ0n) is 16.4. The van der Waals surface area contributed by atoms with Crippen LogP contribution in [0.1, 0.15) is 57.6 Å². The van der Waals surface area contributed by atoms with Gasteiger partial charge in [-0.05, 0) is 43.7 Å². The van der Waals surface area contributed by atoms with Gasteiger partial charge in [0.2, 0.25) is 11.9 Å². The molecule has 0 aliphatic rings. The number of carbonyl (C=O) groups excluding carboxylic acids is 1. The maximum atomic E-state index is 12.4. The summed E-state index contributed by atoms with van der Waals surface area (Å²) in [5.41, 5.74) is 1.23. The van der Waals surface area contributed by atoms with Crippen molar-refractivity contribution in [3.8, 4) is 0 Å². The molecule has 0 saturated heterocycles. The van der Waals surface area contributed by atoms with Gasteiger partial charge in [-0.1, -0.05) is 39.0 Å². The number of benzene rings is 1. The standard InChI is InChI=1S/C20H28N4O3S/c1-3-4-5-6-7-8-9-19(25)23-17-10-12-18(13-11-17)28(26,27)24-20-21-15-14-16(2)22-20/h10-15H,3-9H2,1-2H3,(H,23,25)(H,21,22,24). The molecule has 152 valence electrons. The van der Waals surface area contributed by atoms with Gasteiger partial charge < -0.3 is 5.32 Å². The summed E-state index contributed by atoms with van der Waals surface area (Å²) in [6.45, 7) is 3.93. The third-order valence-electron chi connectivity index (χ3n) is 4.23. The summed E-state index contributed by atoms with van der Waals surface area (Å²) < 4.78 is 27.2. The predicted molar refractivity (Wildman–Crippen MR) is 111 cm³/mol. The number of nitrogens with one attached hydrogen (secondary N) is 2. The third kappa shape index (κ3) is 7.26. The van der Waals surface area contributed by atoms with Gasteiger partial charge in [0.25, 0.3) is 10.0 Å². The molecule has 2 N–H and O–H groups in total. The Morgan fingerprint density at radius 3 is 2.36 bits per heavy atom. The minimum Gasteiger partial charge on any atom is -0.326 e. The van der Waals surface area contributed by atoms with E-state index in [2.05, 4.69) is 26.9 Å². The lowest BCUT2D eigenvalue weighted by atomic mass is 10.1. The van der Waals surface area contributed by atoms with Gasteiger partial charge in [-0.15, -0.1) is 0 Å². The van der Waals surface area contributed by atoms with Crippen molar-refractivity contribution in [2.24, 2.45) is 0 Å². The smallest absolute Gasteiger partial charge is 0.264 e. The van der Waals surface area contributed by atoms with Gasteiger partial charge in [0.1, 0.15) is 0 Å². The molecule has 0 aliphatic carbocycles. The average Bonchev–Trinajstić information content (AvgIpc) is 2.64. The highest BCUT2D eigenvalue weighted by Crippen LogP contribution is 2.17. The Kier molecular flexibility index (Phi) is 8.38. The molecule has 0 bridgehead atoms. The zero-order chi connectivity index (χ0) is 20.4. The summed E-state index contributed by atoms with van der Waals surface area (Å²) in [5.74, 6) is -0.0336. The second kappa shape index (κ2) is 10.8. The summed E-state index contributed by atoms with van der Waals surface area (Å²) >= 11 is 0. The van der Waals surface area contributed by atoms with E-state index in [0.717, 1.165) is 19.3 Å². The lowest BCUT2D eigenvalue weighted by Gasteiger charge is -2.09. The van der Waals surface area contributed by atoms with Crippen LogP contribution >= 0.6 is 0 Å². The van der Waals surface area contributed by atoms with Gasteiger partial charge in [-0.3, -0.25) is 4.79 Å². The normalized spacial score (nSPS) is 11.2. The number of sulfonamides is 1. The van der Waals surface area contributed by atoms with Crippen molar-refractivity contribution in [3.63, 3.8) is 0 Å². The second-order valence-corrected chi connectivity index (χ2v) is 8.40. The number of nitrogens with zero attached hydrogens (tertiary/aromatic N) is 2. The minimum absolute atomic E-state index is 0.0244. The van der Waals surface area contributed by atoms with E-state index in [4.69, 9.17) is 0 Å². The number of hydrogen-bond donors (Lipinski definition) is 2. The largest absolute Gasteiger partial charge is 0.326 e. The molecule has 1 heterocycles. The maximum absolute atomic E-state index is 12.4. The number of amides is 1. The number of hydrogen-bond acceptors (Lipinski definition) is 5. The topological polar surface area (TPSA) is 101 Å².